The zero-order valence-electron chi connectivity index (χ0n) is 10.3. The van der Waals surface area contributed by atoms with Crippen LogP contribution in [0.3, 0.4) is 0 Å². The van der Waals surface area contributed by atoms with Crippen molar-refractivity contribution in [2.75, 3.05) is 19.0 Å². The molecule has 0 saturated heterocycles. The van der Waals surface area contributed by atoms with Gasteiger partial charge in [-0.15, -0.1) is 0 Å². The van der Waals surface area contributed by atoms with Crippen LogP contribution in [0.25, 0.3) is 0 Å². The normalized spacial score (nSPS) is 10.1. The number of nitrogens with one attached hydrogen (secondary N) is 1. The van der Waals surface area contributed by atoms with Crippen LogP contribution in [0.2, 0.25) is 0 Å². The molecule has 0 aliphatic carbocycles. The Balaban J connectivity index is 2.76. The zero-order chi connectivity index (χ0) is 12.7. The Hall–Kier alpha value is -1.55. The molecule has 94 valence electrons. The van der Waals surface area contributed by atoms with Gasteiger partial charge in [-0.2, -0.15) is 0 Å². The van der Waals surface area contributed by atoms with Gasteiger partial charge >= 0.3 is 0 Å². The van der Waals surface area contributed by atoms with Crippen LogP contribution in [0.1, 0.15) is 25.3 Å². The van der Waals surface area contributed by atoms with Crippen molar-refractivity contribution in [3.8, 4) is 5.75 Å². The Morgan fingerprint density at radius 3 is 2.82 bits per heavy atom. The van der Waals surface area contributed by atoms with Gasteiger partial charge in [0.25, 0.3) is 0 Å². The molecule has 0 unspecified atom stereocenters. The summed E-state index contributed by atoms with van der Waals surface area (Å²) in [7, 11) is 1.57. The summed E-state index contributed by atoms with van der Waals surface area (Å²) in [5, 5.41) is 11.5. The molecule has 0 radical (unpaired) electrons. The Morgan fingerprint density at radius 1 is 1.47 bits per heavy atom. The third kappa shape index (κ3) is 4.07. The molecule has 17 heavy (non-hydrogen) atoms. The summed E-state index contributed by atoms with van der Waals surface area (Å²) in [4.78, 5) is 11.6. The number of rotatable bonds is 6. The molecule has 0 atom stereocenters. The molecule has 0 saturated carbocycles. The number of hydrogen-bond acceptors (Lipinski definition) is 3. The van der Waals surface area contributed by atoms with Gasteiger partial charge in [0, 0.05) is 13.0 Å². The second-order valence-corrected chi connectivity index (χ2v) is 3.76. The summed E-state index contributed by atoms with van der Waals surface area (Å²) in [6.45, 7) is 2.08. The molecule has 0 aromatic heterocycles. The van der Waals surface area contributed by atoms with Crippen molar-refractivity contribution in [3.63, 3.8) is 0 Å². The van der Waals surface area contributed by atoms with Crippen molar-refractivity contribution in [1.82, 2.24) is 0 Å². The molecular formula is C13H19NO3. The van der Waals surface area contributed by atoms with Crippen LogP contribution < -0.4 is 10.1 Å². The van der Waals surface area contributed by atoms with Gasteiger partial charge in [-0.1, -0.05) is 13.0 Å². The van der Waals surface area contributed by atoms with E-state index < -0.39 is 0 Å². The summed E-state index contributed by atoms with van der Waals surface area (Å²) < 4.78 is 5.19. The molecule has 0 aliphatic heterocycles. The number of ether oxygens (including phenoxy) is 1. The van der Waals surface area contributed by atoms with E-state index >= 15 is 0 Å². The van der Waals surface area contributed by atoms with Crippen LogP contribution in [0, 0.1) is 0 Å². The van der Waals surface area contributed by atoms with Crippen molar-refractivity contribution in [2.45, 2.75) is 26.2 Å². The van der Waals surface area contributed by atoms with Crippen molar-refractivity contribution in [2.24, 2.45) is 0 Å². The van der Waals surface area contributed by atoms with Gasteiger partial charge < -0.3 is 15.2 Å². The lowest BCUT2D eigenvalue weighted by Crippen LogP contribution is -2.12. The number of benzene rings is 1. The van der Waals surface area contributed by atoms with E-state index in [2.05, 4.69) is 12.2 Å². The molecule has 1 aromatic carbocycles. The van der Waals surface area contributed by atoms with Gasteiger partial charge in [0.15, 0.2) is 0 Å². The molecule has 1 aromatic rings. The maximum absolute atomic E-state index is 11.6. The number of anilines is 1. The second-order valence-electron chi connectivity index (χ2n) is 3.76. The first-order valence-electron chi connectivity index (χ1n) is 5.78. The lowest BCUT2D eigenvalue weighted by molar-refractivity contribution is -0.116. The highest BCUT2D eigenvalue weighted by Crippen LogP contribution is 2.25. The van der Waals surface area contributed by atoms with E-state index in [9.17, 15) is 4.79 Å². The number of hydrogen-bond donors (Lipinski definition) is 2. The predicted octanol–water partition coefficient (Wildman–Crippen LogP) is 1.97. The number of amides is 1. The highest BCUT2D eigenvalue weighted by Gasteiger charge is 2.07. The van der Waals surface area contributed by atoms with Gasteiger partial charge in [-0.05, 0) is 30.5 Å². The van der Waals surface area contributed by atoms with Crippen molar-refractivity contribution in [1.29, 1.82) is 0 Å². The molecule has 2 N–H and O–H groups in total. The predicted molar refractivity (Wildman–Crippen MR) is 67.3 cm³/mol. The van der Waals surface area contributed by atoms with Gasteiger partial charge in [-0.25, -0.2) is 0 Å². The highest BCUT2D eigenvalue weighted by molar-refractivity contribution is 5.92. The Bertz CT molecular complexity index is 377. The third-order valence-electron chi connectivity index (χ3n) is 2.51. The van der Waals surface area contributed by atoms with Crippen molar-refractivity contribution >= 4 is 11.6 Å². The average Bonchev–Trinajstić information content (AvgIpc) is 2.36. The van der Waals surface area contributed by atoms with Gasteiger partial charge in [0.2, 0.25) is 5.91 Å². The molecule has 1 amide bonds. The molecule has 4 nitrogen and oxygen atoms in total. The molecule has 0 bridgehead atoms. The number of aliphatic hydroxyl groups excluding tert-OH is 1. The molecule has 0 spiro atoms. The van der Waals surface area contributed by atoms with E-state index in [0.717, 1.165) is 12.0 Å². The van der Waals surface area contributed by atoms with Crippen LogP contribution in [0.4, 0.5) is 5.69 Å². The maximum atomic E-state index is 11.6. The van der Waals surface area contributed by atoms with Gasteiger partial charge in [0.05, 0.1) is 12.8 Å². The number of carbonyl (C=O) groups excluding carboxylic acids is 1. The summed E-state index contributed by atoms with van der Waals surface area (Å²) >= 11 is 0. The second kappa shape index (κ2) is 6.91. The fourth-order valence-electron chi connectivity index (χ4n) is 1.53. The quantitative estimate of drug-likeness (QED) is 0.795. The Labute approximate surface area is 102 Å². The smallest absolute Gasteiger partial charge is 0.224 e. The SMILES string of the molecule is CCc1ccc(OC)c(NC(=O)CCCO)c1. The van der Waals surface area contributed by atoms with E-state index in [4.69, 9.17) is 9.84 Å². The van der Waals surface area contributed by atoms with Crippen molar-refractivity contribution < 1.29 is 14.6 Å². The molecule has 0 fully saturated rings. The van der Waals surface area contributed by atoms with Crippen LogP contribution in [-0.4, -0.2) is 24.7 Å². The van der Waals surface area contributed by atoms with E-state index in [1.165, 1.54) is 0 Å². The first kappa shape index (κ1) is 13.5. The Kier molecular flexibility index (Phi) is 5.49. The largest absolute Gasteiger partial charge is 0.495 e. The van der Waals surface area contributed by atoms with E-state index in [1.54, 1.807) is 7.11 Å². The minimum atomic E-state index is -0.106. The first-order valence-corrected chi connectivity index (χ1v) is 5.78. The molecule has 0 heterocycles. The Morgan fingerprint density at radius 2 is 2.24 bits per heavy atom. The summed E-state index contributed by atoms with van der Waals surface area (Å²) in [6, 6.07) is 5.73. The molecule has 4 heteroatoms. The van der Waals surface area contributed by atoms with Crippen LogP contribution >= 0.6 is 0 Å². The number of methoxy groups -OCH3 is 1. The van der Waals surface area contributed by atoms with Crippen LogP contribution in [0.5, 0.6) is 5.75 Å². The van der Waals surface area contributed by atoms with Crippen LogP contribution in [0.15, 0.2) is 18.2 Å². The van der Waals surface area contributed by atoms with E-state index in [0.29, 0.717) is 24.3 Å². The standard InChI is InChI=1S/C13H19NO3/c1-3-10-6-7-12(17-2)11(9-10)14-13(16)5-4-8-15/h6-7,9,15H,3-5,8H2,1-2H3,(H,14,16). The topological polar surface area (TPSA) is 58.6 Å². The first-order chi connectivity index (χ1) is 8.21. The minimum Gasteiger partial charge on any atom is -0.495 e. The van der Waals surface area contributed by atoms with Crippen LogP contribution in [-0.2, 0) is 11.2 Å². The fraction of sp³-hybridized carbons (Fsp3) is 0.462. The van der Waals surface area contributed by atoms with E-state index in [1.807, 2.05) is 18.2 Å². The summed E-state index contributed by atoms with van der Waals surface area (Å²) in [5.41, 5.74) is 1.83. The maximum Gasteiger partial charge on any atom is 0.224 e. The summed E-state index contributed by atoms with van der Waals surface area (Å²) in [6.07, 6.45) is 1.70. The zero-order valence-corrected chi connectivity index (χ0v) is 10.3. The highest BCUT2D eigenvalue weighted by atomic mass is 16.5. The lowest BCUT2D eigenvalue weighted by Gasteiger charge is -2.11. The minimum absolute atomic E-state index is 0.0273. The number of aliphatic hydroxyl groups is 1. The fourth-order valence-corrected chi connectivity index (χ4v) is 1.53. The third-order valence-corrected chi connectivity index (χ3v) is 2.51. The van der Waals surface area contributed by atoms with Crippen molar-refractivity contribution in [3.05, 3.63) is 23.8 Å². The molecule has 1 rings (SSSR count). The van der Waals surface area contributed by atoms with Gasteiger partial charge in [-0.3, -0.25) is 4.79 Å². The molecule has 0 aliphatic rings. The lowest BCUT2D eigenvalue weighted by atomic mass is 10.1. The monoisotopic (exact) mass is 237 g/mol. The van der Waals surface area contributed by atoms with Gasteiger partial charge in [0.1, 0.15) is 5.75 Å². The average molecular weight is 237 g/mol. The number of carbonyl (C=O) groups is 1. The number of aryl methyl sites for hydroxylation is 1. The summed E-state index contributed by atoms with van der Waals surface area (Å²) in [5.74, 6) is 0.546. The van der Waals surface area contributed by atoms with E-state index in [-0.39, 0.29) is 12.5 Å². The molecular weight excluding hydrogens is 218 g/mol.